The van der Waals surface area contributed by atoms with Crippen LogP contribution in [-0.4, -0.2) is 6.54 Å². The van der Waals surface area contributed by atoms with Crippen LogP contribution in [0.2, 0.25) is 0 Å². The summed E-state index contributed by atoms with van der Waals surface area (Å²) in [4.78, 5) is 0. The second kappa shape index (κ2) is 6.18. The molecule has 16 heavy (non-hydrogen) atoms. The molecule has 1 aromatic carbocycles. The van der Waals surface area contributed by atoms with Gasteiger partial charge in [-0.25, -0.2) is 0 Å². The van der Waals surface area contributed by atoms with Crippen molar-refractivity contribution in [3.63, 3.8) is 0 Å². The second-order valence-electron chi connectivity index (χ2n) is 3.65. The molecule has 0 aliphatic heterocycles. The molecule has 0 saturated heterocycles. The van der Waals surface area contributed by atoms with Crippen LogP contribution in [0.15, 0.2) is 45.6 Å². The van der Waals surface area contributed by atoms with Crippen LogP contribution in [0.4, 0.5) is 0 Å². The summed E-state index contributed by atoms with van der Waals surface area (Å²) in [6, 6.07) is 10.5. The Morgan fingerprint density at radius 1 is 1.19 bits per heavy atom. The lowest BCUT2D eigenvalue weighted by atomic mass is 10.1. The predicted molar refractivity (Wildman–Crippen MR) is 73.9 cm³/mol. The lowest BCUT2D eigenvalue weighted by Crippen LogP contribution is -2.16. The Hall–Kier alpha value is -0.640. The first-order valence-corrected chi connectivity index (χ1v) is 7.05. The van der Waals surface area contributed by atoms with Crippen LogP contribution < -0.4 is 5.32 Å². The quantitative estimate of drug-likeness (QED) is 0.827. The van der Waals surface area contributed by atoms with E-state index in [0.29, 0.717) is 0 Å². The van der Waals surface area contributed by atoms with E-state index >= 15 is 0 Å². The van der Waals surface area contributed by atoms with E-state index in [-0.39, 0.29) is 0 Å². The van der Waals surface area contributed by atoms with Crippen molar-refractivity contribution in [2.75, 3.05) is 6.54 Å². The summed E-state index contributed by atoms with van der Waals surface area (Å²) in [6.45, 7) is 1.98. The van der Waals surface area contributed by atoms with Crippen molar-refractivity contribution in [3.05, 3.63) is 56.7 Å². The average Bonchev–Trinajstić information content (AvgIpc) is 2.79. The maximum absolute atomic E-state index is 3.56. The van der Waals surface area contributed by atoms with Gasteiger partial charge in [0.15, 0.2) is 0 Å². The van der Waals surface area contributed by atoms with E-state index in [1.165, 1.54) is 15.6 Å². The van der Waals surface area contributed by atoms with Crippen molar-refractivity contribution in [2.45, 2.75) is 13.0 Å². The molecule has 0 saturated carbocycles. The number of hydrogen-bond donors (Lipinski definition) is 1. The molecule has 0 radical (unpaired) electrons. The summed E-state index contributed by atoms with van der Waals surface area (Å²) in [7, 11) is 0. The minimum absolute atomic E-state index is 0.966. The molecular weight excluding hydrogens is 282 g/mol. The van der Waals surface area contributed by atoms with Gasteiger partial charge >= 0.3 is 0 Å². The Morgan fingerprint density at radius 3 is 2.81 bits per heavy atom. The molecule has 0 atom stereocenters. The molecular formula is C13H14BrNS. The summed E-state index contributed by atoms with van der Waals surface area (Å²) in [5, 5.41) is 7.75. The molecule has 3 heteroatoms. The highest BCUT2D eigenvalue weighted by atomic mass is 79.9. The van der Waals surface area contributed by atoms with Gasteiger partial charge in [-0.1, -0.05) is 34.1 Å². The van der Waals surface area contributed by atoms with E-state index in [2.05, 4.69) is 56.3 Å². The molecule has 0 fully saturated rings. The fourth-order valence-electron chi connectivity index (χ4n) is 1.55. The Kier molecular flexibility index (Phi) is 4.57. The first-order valence-electron chi connectivity index (χ1n) is 5.31. The SMILES string of the molecule is Brc1ccccc1CCNCc1ccsc1. The maximum atomic E-state index is 3.56. The van der Waals surface area contributed by atoms with Gasteiger partial charge in [-0.2, -0.15) is 11.3 Å². The second-order valence-corrected chi connectivity index (χ2v) is 5.28. The summed E-state index contributed by atoms with van der Waals surface area (Å²) in [5.41, 5.74) is 2.73. The third-order valence-corrected chi connectivity index (χ3v) is 3.94. The molecule has 1 aromatic heterocycles. The fourth-order valence-corrected chi connectivity index (χ4v) is 2.70. The van der Waals surface area contributed by atoms with Gasteiger partial charge in [0.2, 0.25) is 0 Å². The topological polar surface area (TPSA) is 12.0 Å². The van der Waals surface area contributed by atoms with E-state index in [1.54, 1.807) is 11.3 Å². The smallest absolute Gasteiger partial charge is 0.0213 e. The van der Waals surface area contributed by atoms with Gasteiger partial charge in [-0.3, -0.25) is 0 Å². The third kappa shape index (κ3) is 3.44. The highest BCUT2D eigenvalue weighted by molar-refractivity contribution is 9.10. The molecule has 1 heterocycles. The van der Waals surface area contributed by atoms with E-state index in [0.717, 1.165) is 19.5 Å². The van der Waals surface area contributed by atoms with Crippen LogP contribution >= 0.6 is 27.3 Å². The molecule has 0 amide bonds. The van der Waals surface area contributed by atoms with Gasteiger partial charge in [-0.05, 0) is 47.0 Å². The Morgan fingerprint density at radius 2 is 2.06 bits per heavy atom. The highest BCUT2D eigenvalue weighted by Gasteiger charge is 1.98. The first-order chi connectivity index (χ1) is 7.86. The van der Waals surface area contributed by atoms with Crippen molar-refractivity contribution in [2.24, 2.45) is 0 Å². The highest BCUT2D eigenvalue weighted by Crippen LogP contribution is 2.15. The van der Waals surface area contributed by atoms with Crippen molar-refractivity contribution < 1.29 is 0 Å². The lowest BCUT2D eigenvalue weighted by molar-refractivity contribution is 0.687. The van der Waals surface area contributed by atoms with Crippen molar-refractivity contribution >= 4 is 27.3 Å². The van der Waals surface area contributed by atoms with Crippen LogP contribution in [-0.2, 0) is 13.0 Å². The van der Waals surface area contributed by atoms with Gasteiger partial charge in [0, 0.05) is 11.0 Å². The molecule has 1 nitrogen and oxygen atoms in total. The summed E-state index contributed by atoms with van der Waals surface area (Å²) < 4.78 is 1.20. The molecule has 0 spiro atoms. The molecule has 1 N–H and O–H groups in total. The summed E-state index contributed by atoms with van der Waals surface area (Å²) in [6.07, 6.45) is 1.06. The monoisotopic (exact) mass is 295 g/mol. The fraction of sp³-hybridized carbons (Fsp3) is 0.231. The minimum atomic E-state index is 0.966. The van der Waals surface area contributed by atoms with Crippen molar-refractivity contribution in [1.29, 1.82) is 0 Å². The Bertz CT molecular complexity index is 425. The van der Waals surface area contributed by atoms with Crippen LogP contribution in [0.5, 0.6) is 0 Å². The van der Waals surface area contributed by atoms with Crippen LogP contribution in [0.1, 0.15) is 11.1 Å². The van der Waals surface area contributed by atoms with E-state index < -0.39 is 0 Å². The maximum Gasteiger partial charge on any atom is 0.0213 e. The zero-order valence-corrected chi connectivity index (χ0v) is 11.4. The van der Waals surface area contributed by atoms with Gasteiger partial charge in [-0.15, -0.1) is 0 Å². The third-order valence-electron chi connectivity index (χ3n) is 2.44. The Balaban J connectivity index is 1.74. The van der Waals surface area contributed by atoms with Gasteiger partial charge in [0.25, 0.3) is 0 Å². The predicted octanol–water partition coefficient (Wildman–Crippen LogP) is 3.84. The lowest BCUT2D eigenvalue weighted by Gasteiger charge is -2.05. The summed E-state index contributed by atoms with van der Waals surface area (Å²) >= 11 is 5.31. The molecule has 2 aromatic rings. The van der Waals surface area contributed by atoms with E-state index in [4.69, 9.17) is 0 Å². The van der Waals surface area contributed by atoms with Crippen molar-refractivity contribution in [1.82, 2.24) is 5.32 Å². The van der Waals surface area contributed by atoms with E-state index in [1.807, 2.05) is 6.07 Å². The zero-order chi connectivity index (χ0) is 11.2. The number of rotatable bonds is 5. The van der Waals surface area contributed by atoms with E-state index in [9.17, 15) is 0 Å². The largest absolute Gasteiger partial charge is 0.312 e. The number of nitrogens with one attached hydrogen (secondary N) is 1. The number of hydrogen-bond acceptors (Lipinski definition) is 2. The zero-order valence-electron chi connectivity index (χ0n) is 8.95. The average molecular weight is 296 g/mol. The van der Waals surface area contributed by atoms with Crippen LogP contribution in [0, 0.1) is 0 Å². The standard InChI is InChI=1S/C13H14BrNS/c14-13-4-2-1-3-12(13)5-7-15-9-11-6-8-16-10-11/h1-4,6,8,10,15H,5,7,9H2. The molecule has 84 valence electrons. The molecule has 0 aliphatic rings. The molecule has 2 rings (SSSR count). The first kappa shape index (κ1) is 11.8. The number of halogens is 1. The van der Waals surface area contributed by atoms with Gasteiger partial charge in [0.05, 0.1) is 0 Å². The number of benzene rings is 1. The van der Waals surface area contributed by atoms with Gasteiger partial charge in [0.1, 0.15) is 0 Å². The van der Waals surface area contributed by atoms with Gasteiger partial charge < -0.3 is 5.32 Å². The minimum Gasteiger partial charge on any atom is -0.312 e. The Labute approximate surface area is 109 Å². The summed E-state index contributed by atoms with van der Waals surface area (Å²) in [5.74, 6) is 0. The number of thiophene rings is 1. The normalized spacial score (nSPS) is 10.6. The van der Waals surface area contributed by atoms with Crippen molar-refractivity contribution in [3.8, 4) is 0 Å². The van der Waals surface area contributed by atoms with Crippen LogP contribution in [0.25, 0.3) is 0 Å². The molecule has 0 unspecified atom stereocenters. The molecule has 0 aliphatic carbocycles. The molecule has 0 bridgehead atoms. The van der Waals surface area contributed by atoms with Crippen LogP contribution in [0.3, 0.4) is 0 Å².